The molecule has 2 aliphatic heterocycles. The minimum Gasteiger partial charge on any atom is -0.394 e. The Hall–Kier alpha value is -2.29. The van der Waals surface area contributed by atoms with E-state index in [1.54, 1.807) is 24.3 Å². The first-order valence-electron chi connectivity index (χ1n) is 9.74. The number of benzene rings is 2. The maximum atomic E-state index is 14.9. The van der Waals surface area contributed by atoms with Crippen LogP contribution in [-0.2, 0) is 10.3 Å². The summed E-state index contributed by atoms with van der Waals surface area (Å²) in [5.74, 6) is -1.85. The number of halogens is 2. The zero-order chi connectivity index (χ0) is 21.3. The summed E-state index contributed by atoms with van der Waals surface area (Å²) in [6.07, 6.45) is 0.107. The first-order chi connectivity index (χ1) is 14.4. The van der Waals surface area contributed by atoms with Crippen molar-refractivity contribution in [3.8, 4) is 0 Å². The molecule has 0 radical (unpaired) electrons. The number of aliphatic hydroxyl groups is 1. The predicted octanol–water partition coefficient (Wildman–Crippen LogP) is 3.48. The smallest absolute Gasteiger partial charge is 0.257 e. The van der Waals surface area contributed by atoms with Gasteiger partial charge in [-0.1, -0.05) is 43.0 Å². The third-order valence-corrected chi connectivity index (χ3v) is 6.81. The second kappa shape index (κ2) is 8.45. The zero-order valence-electron chi connectivity index (χ0n) is 16.3. The van der Waals surface area contributed by atoms with Gasteiger partial charge in [0.1, 0.15) is 17.2 Å². The Bertz CT molecular complexity index is 972. The molecule has 1 saturated heterocycles. The third-order valence-electron chi connectivity index (χ3n) is 5.69. The van der Waals surface area contributed by atoms with E-state index in [2.05, 4.69) is 5.32 Å². The van der Waals surface area contributed by atoms with E-state index in [1.165, 1.54) is 23.9 Å². The number of nitrogens with zero attached hydrogens (tertiary/aromatic N) is 1. The number of hydrogen-bond acceptors (Lipinski definition) is 5. The van der Waals surface area contributed by atoms with Gasteiger partial charge in [0.05, 0.1) is 19.3 Å². The summed E-state index contributed by atoms with van der Waals surface area (Å²) in [4.78, 5) is 17.4. The summed E-state index contributed by atoms with van der Waals surface area (Å²) in [5, 5.41) is 12.7. The van der Waals surface area contributed by atoms with Crippen LogP contribution in [0.4, 0.5) is 8.78 Å². The van der Waals surface area contributed by atoms with Gasteiger partial charge in [-0.15, -0.1) is 0 Å². The molecule has 2 N–H and O–H groups in total. The van der Waals surface area contributed by atoms with E-state index in [1.807, 2.05) is 13.0 Å². The fourth-order valence-corrected chi connectivity index (χ4v) is 5.40. The van der Waals surface area contributed by atoms with Crippen molar-refractivity contribution in [3.63, 3.8) is 0 Å². The second-order valence-electron chi connectivity index (χ2n) is 7.57. The molecule has 158 valence electrons. The highest BCUT2D eigenvalue weighted by atomic mass is 32.2. The number of amidine groups is 1. The van der Waals surface area contributed by atoms with E-state index in [-0.39, 0.29) is 42.0 Å². The lowest BCUT2D eigenvalue weighted by atomic mass is 9.72. The van der Waals surface area contributed by atoms with Crippen molar-refractivity contribution < 1.29 is 23.4 Å². The highest BCUT2D eigenvalue weighted by Crippen LogP contribution is 2.50. The summed E-state index contributed by atoms with van der Waals surface area (Å²) in [6.45, 7) is 1.87. The molecule has 1 amide bonds. The Morgan fingerprint density at radius 3 is 2.77 bits per heavy atom. The number of fused-ring (bicyclic) bond motifs is 1. The molecule has 2 aromatic carbocycles. The average Bonchev–Trinajstić information content (AvgIpc) is 2.74. The van der Waals surface area contributed by atoms with Gasteiger partial charge < -0.3 is 15.2 Å². The molecule has 0 bridgehead atoms. The SMILES string of the molecule is CC1SC(NC(=O)c2ccccc2)=NC2(c3ccc(F)cc3F)COC(CO)CC12. The Kier molecular flexibility index (Phi) is 5.90. The van der Waals surface area contributed by atoms with Crippen molar-refractivity contribution >= 4 is 22.8 Å². The van der Waals surface area contributed by atoms with E-state index < -0.39 is 17.2 Å². The molecule has 4 atom stereocenters. The summed E-state index contributed by atoms with van der Waals surface area (Å²) in [7, 11) is 0. The molecule has 0 aromatic heterocycles. The molecule has 5 nitrogen and oxygen atoms in total. The van der Waals surface area contributed by atoms with E-state index in [9.17, 15) is 18.7 Å². The summed E-state index contributed by atoms with van der Waals surface area (Å²) < 4.78 is 34.2. The fourth-order valence-electron chi connectivity index (χ4n) is 4.18. The van der Waals surface area contributed by atoms with Crippen LogP contribution in [0.15, 0.2) is 53.5 Å². The number of aliphatic hydroxyl groups excluding tert-OH is 1. The van der Waals surface area contributed by atoms with Gasteiger partial charge in [0.25, 0.3) is 5.91 Å². The van der Waals surface area contributed by atoms with Gasteiger partial charge in [-0.25, -0.2) is 13.8 Å². The highest BCUT2D eigenvalue weighted by molar-refractivity contribution is 8.14. The Morgan fingerprint density at radius 2 is 2.07 bits per heavy atom. The maximum absolute atomic E-state index is 14.9. The molecule has 4 rings (SSSR count). The molecule has 8 heteroatoms. The van der Waals surface area contributed by atoms with E-state index >= 15 is 0 Å². The lowest BCUT2D eigenvalue weighted by Gasteiger charge is -2.49. The van der Waals surface area contributed by atoms with Crippen LogP contribution >= 0.6 is 11.8 Å². The zero-order valence-corrected chi connectivity index (χ0v) is 17.2. The average molecular weight is 432 g/mol. The van der Waals surface area contributed by atoms with Crippen LogP contribution < -0.4 is 5.32 Å². The predicted molar refractivity (Wildman–Crippen MR) is 111 cm³/mol. The molecule has 0 aliphatic carbocycles. The molecule has 0 saturated carbocycles. The second-order valence-corrected chi connectivity index (χ2v) is 8.93. The number of rotatable bonds is 3. The van der Waals surface area contributed by atoms with Crippen LogP contribution in [0, 0.1) is 17.6 Å². The van der Waals surface area contributed by atoms with Gasteiger partial charge >= 0.3 is 0 Å². The van der Waals surface area contributed by atoms with Crippen LogP contribution in [-0.4, -0.2) is 40.7 Å². The summed E-state index contributed by atoms with van der Waals surface area (Å²) >= 11 is 1.39. The molecule has 2 aromatic rings. The van der Waals surface area contributed by atoms with Gasteiger partial charge in [-0.3, -0.25) is 4.79 Å². The minimum absolute atomic E-state index is 0.0288. The first-order valence-corrected chi connectivity index (χ1v) is 10.6. The van der Waals surface area contributed by atoms with Crippen molar-refractivity contribution in [2.45, 2.75) is 30.2 Å². The number of nitrogens with one attached hydrogen (secondary N) is 1. The van der Waals surface area contributed by atoms with Crippen molar-refractivity contribution in [1.29, 1.82) is 0 Å². The van der Waals surface area contributed by atoms with Crippen molar-refractivity contribution in [2.24, 2.45) is 10.9 Å². The largest absolute Gasteiger partial charge is 0.394 e. The number of thioether (sulfide) groups is 1. The number of carbonyl (C=O) groups is 1. The minimum atomic E-state index is -1.12. The first kappa shape index (κ1) is 21.0. The van der Waals surface area contributed by atoms with Crippen molar-refractivity contribution in [2.75, 3.05) is 13.2 Å². The number of aliphatic imine (C=N–C) groups is 1. The third kappa shape index (κ3) is 3.87. The van der Waals surface area contributed by atoms with Crippen LogP contribution in [0.2, 0.25) is 0 Å². The van der Waals surface area contributed by atoms with Crippen molar-refractivity contribution in [3.05, 3.63) is 71.3 Å². The van der Waals surface area contributed by atoms with E-state index in [0.29, 0.717) is 17.2 Å². The van der Waals surface area contributed by atoms with E-state index in [4.69, 9.17) is 9.73 Å². The number of amides is 1. The fraction of sp³-hybridized carbons (Fsp3) is 0.364. The molecular formula is C22H22F2N2O3S. The molecule has 4 unspecified atom stereocenters. The maximum Gasteiger partial charge on any atom is 0.257 e. The number of hydrogen-bond donors (Lipinski definition) is 2. The lowest BCUT2D eigenvalue weighted by Crippen LogP contribution is -2.54. The Morgan fingerprint density at radius 1 is 1.30 bits per heavy atom. The van der Waals surface area contributed by atoms with Crippen molar-refractivity contribution in [1.82, 2.24) is 5.32 Å². The van der Waals surface area contributed by atoms with Crippen LogP contribution in [0.1, 0.15) is 29.3 Å². The molecule has 0 spiro atoms. The summed E-state index contributed by atoms with van der Waals surface area (Å²) in [6, 6.07) is 12.2. The molecule has 2 heterocycles. The highest BCUT2D eigenvalue weighted by Gasteiger charge is 2.52. The van der Waals surface area contributed by atoms with Crippen LogP contribution in [0.25, 0.3) is 0 Å². The molecule has 1 fully saturated rings. The Labute approximate surface area is 177 Å². The number of ether oxygens (including phenoxy) is 1. The van der Waals surface area contributed by atoms with Gasteiger partial charge in [-0.05, 0) is 24.6 Å². The molecule has 30 heavy (non-hydrogen) atoms. The topological polar surface area (TPSA) is 70.9 Å². The Balaban J connectivity index is 1.75. The van der Waals surface area contributed by atoms with E-state index in [0.717, 1.165) is 6.07 Å². The number of carbonyl (C=O) groups excluding carboxylic acids is 1. The van der Waals surface area contributed by atoms with Gasteiger partial charge in [0, 0.05) is 28.4 Å². The van der Waals surface area contributed by atoms with Crippen LogP contribution in [0.3, 0.4) is 0 Å². The van der Waals surface area contributed by atoms with Gasteiger partial charge in [-0.2, -0.15) is 0 Å². The molecule has 2 aliphatic rings. The lowest BCUT2D eigenvalue weighted by molar-refractivity contribution is -0.0819. The quantitative estimate of drug-likeness (QED) is 0.779. The van der Waals surface area contributed by atoms with Gasteiger partial charge in [0.2, 0.25) is 0 Å². The van der Waals surface area contributed by atoms with Gasteiger partial charge in [0.15, 0.2) is 5.17 Å². The van der Waals surface area contributed by atoms with Crippen LogP contribution in [0.5, 0.6) is 0 Å². The standard InChI is InChI=1S/C22H22F2N2O3S/c1-13-18-10-16(11-27)29-12-22(18,17-8-7-15(23)9-19(17)24)26-21(30-13)25-20(28)14-5-3-2-4-6-14/h2-9,13,16,18,27H,10-12H2,1H3,(H,25,26,28). The monoisotopic (exact) mass is 432 g/mol. The normalized spacial score (nSPS) is 28.4. The summed E-state index contributed by atoms with van der Waals surface area (Å²) in [5.41, 5.74) is -0.408. The molecular weight excluding hydrogens is 410 g/mol.